The van der Waals surface area contributed by atoms with Crippen LogP contribution in [0.5, 0.6) is 0 Å². The number of benzene rings is 2. The van der Waals surface area contributed by atoms with Crippen LogP contribution >= 0.6 is 11.6 Å². The number of hydrogen-bond acceptors (Lipinski definition) is 3. The van der Waals surface area contributed by atoms with Gasteiger partial charge in [-0.25, -0.2) is 4.39 Å². The third kappa shape index (κ3) is 4.55. The van der Waals surface area contributed by atoms with Gasteiger partial charge in [-0.1, -0.05) is 29.8 Å². The van der Waals surface area contributed by atoms with Crippen molar-refractivity contribution in [2.24, 2.45) is 0 Å². The average Bonchev–Trinajstić information content (AvgIpc) is 2.63. The van der Waals surface area contributed by atoms with Gasteiger partial charge in [0.05, 0.1) is 17.2 Å². The van der Waals surface area contributed by atoms with Crippen LogP contribution in [0.2, 0.25) is 5.02 Å². The van der Waals surface area contributed by atoms with Crippen LogP contribution in [0, 0.1) is 17.1 Å². The van der Waals surface area contributed by atoms with Crippen molar-refractivity contribution in [2.45, 2.75) is 63.6 Å². The van der Waals surface area contributed by atoms with Crippen LogP contribution in [0.3, 0.4) is 0 Å². The van der Waals surface area contributed by atoms with Crippen molar-refractivity contribution in [3.63, 3.8) is 0 Å². The van der Waals surface area contributed by atoms with E-state index < -0.39 is 11.1 Å². The van der Waals surface area contributed by atoms with Gasteiger partial charge in [0.25, 0.3) is 0 Å². The van der Waals surface area contributed by atoms with Gasteiger partial charge in [0.15, 0.2) is 0 Å². The Labute approximate surface area is 171 Å². The minimum atomic E-state index is -0.576. The predicted molar refractivity (Wildman–Crippen MR) is 111 cm³/mol. The molecule has 1 aliphatic carbocycles. The maximum Gasteiger partial charge on any atom is 0.131 e. The van der Waals surface area contributed by atoms with E-state index in [2.05, 4.69) is 11.4 Å². The lowest BCUT2D eigenvalue weighted by Gasteiger charge is -2.38. The summed E-state index contributed by atoms with van der Waals surface area (Å²) in [6.07, 6.45) is 3.32. The van der Waals surface area contributed by atoms with Gasteiger partial charge in [-0.05, 0) is 70.2 Å². The highest BCUT2D eigenvalue weighted by Crippen LogP contribution is 2.33. The van der Waals surface area contributed by atoms with Gasteiger partial charge in [-0.15, -0.1) is 0 Å². The van der Waals surface area contributed by atoms with E-state index in [9.17, 15) is 14.8 Å². The topological polar surface area (TPSA) is 56.0 Å². The molecule has 28 heavy (non-hydrogen) atoms. The lowest BCUT2D eigenvalue weighted by Crippen LogP contribution is -2.47. The Balaban J connectivity index is 1.83. The number of rotatable bonds is 4. The fraction of sp³-hybridized carbons (Fsp3) is 0.435. The van der Waals surface area contributed by atoms with Crippen molar-refractivity contribution in [2.75, 3.05) is 0 Å². The standard InChI is InChI=1S/C23H26ClFN2O/c1-22(2,27-18-8-10-23(3,28)11-9-18)16-4-6-20(21(25)13-16)19-7-5-17(24)12-15(19)14-26/h4-7,12-13,18,27-28H,8-11H2,1-3H3. The van der Waals surface area contributed by atoms with Gasteiger partial charge in [-0.2, -0.15) is 5.26 Å². The molecule has 2 aromatic carbocycles. The van der Waals surface area contributed by atoms with Crippen LogP contribution in [0.15, 0.2) is 36.4 Å². The first-order valence-corrected chi connectivity index (χ1v) is 9.99. The maximum absolute atomic E-state index is 15.0. The first-order valence-electron chi connectivity index (χ1n) is 9.61. The van der Waals surface area contributed by atoms with Crippen LogP contribution in [0.25, 0.3) is 11.1 Å². The van der Waals surface area contributed by atoms with E-state index >= 15 is 0 Å². The van der Waals surface area contributed by atoms with Gasteiger partial charge in [0.1, 0.15) is 5.82 Å². The number of halogens is 2. The second-order valence-corrected chi connectivity index (χ2v) is 8.97. The summed E-state index contributed by atoms with van der Waals surface area (Å²) in [6.45, 7) is 5.96. The molecule has 148 valence electrons. The molecular weight excluding hydrogens is 375 g/mol. The molecule has 0 saturated heterocycles. The van der Waals surface area contributed by atoms with Crippen molar-refractivity contribution in [1.82, 2.24) is 5.32 Å². The Bertz CT molecular complexity index is 907. The Kier molecular flexibility index (Phi) is 5.82. The van der Waals surface area contributed by atoms with E-state index in [-0.39, 0.29) is 5.82 Å². The smallest absolute Gasteiger partial charge is 0.131 e. The third-order valence-electron chi connectivity index (χ3n) is 5.71. The molecule has 2 N–H and O–H groups in total. The van der Waals surface area contributed by atoms with E-state index in [1.807, 2.05) is 26.8 Å². The largest absolute Gasteiger partial charge is 0.390 e. The van der Waals surface area contributed by atoms with Crippen LogP contribution in [0.4, 0.5) is 4.39 Å². The monoisotopic (exact) mass is 400 g/mol. The van der Waals surface area contributed by atoms with Crippen LogP contribution in [-0.2, 0) is 5.54 Å². The molecule has 0 amide bonds. The Morgan fingerprint density at radius 2 is 1.82 bits per heavy atom. The highest BCUT2D eigenvalue weighted by molar-refractivity contribution is 6.30. The molecule has 2 aromatic rings. The molecule has 0 atom stereocenters. The predicted octanol–water partition coefficient (Wildman–Crippen LogP) is 5.54. The second kappa shape index (κ2) is 7.83. The van der Waals surface area contributed by atoms with Gasteiger partial charge in [0.2, 0.25) is 0 Å². The molecule has 0 aromatic heterocycles. The van der Waals surface area contributed by atoms with Crippen molar-refractivity contribution < 1.29 is 9.50 Å². The van der Waals surface area contributed by atoms with E-state index in [0.29, 0.717) is 27.8 Å². The summed E-state index contributed by atoms with van der Waals surface area (Å²) >= 11 is 5.95. The highest BCUT2D eigenvalue weighted by Gasteiger charge is 2.32. The van der Waals surface area contributed by atoms with E-state index in [4.69, 9.17) is 11.6 Å². The van der Waals surface area contributed by atoms with Crippen molar-refractivity contribution in [1.29, 1.82) is 5.26 Å². The molecule has 1 saturated carbocycles. The molecule has 1 fully saturated rings. The highest BCUT2D eigenvalue weighted by atomic mass is 35.5. The molecule has 0 radical (unpaired) electrons. The molecule has 0 unspecified atom stereocenters. The molecule has 0 bridgehead atoms. The number of nitrogens with zero attached hydrogens (tertiary/aromatic N) is 1. The molecule has 0 aliphatic heterocycles. The zero-order chi connectivity index (χ0) is 20.5. The SMILES string of the molecule is CC1(O)CCC(NC(C)(C)c2ccc(-c3ccc(Cl)cc3C#N)c(F)c2)CC1. The third-order valence-corrected chi connectivity index (χ3v) is 5.95. The maximum atomic E-state index is 15.0. The number of nitrogens with one attached hydrogen (secondary N) is 1. The van der Waals surface area contributed by atoms with Crippen LogP contribution in [0.1, 0.15) is 57.6 Å². The zero-order valence-corrected chi connectivity index (χ0v) is 17.3. The normalized spacial score (nSPS) is 22.7. The van der Waals surface area contributed by atoms with Gasteiger partial charge in [0, 0.05) is 27.7 Å². The first kappa shape index (κ1) is 20.8. The molecular formula is C23H26ClFN2O. The molecule has 0 spiro atoms. The van der Waals surface area contributed by atoms with Gasteiger partial charge in [-0.3, -0.25) is 0 Å². The van der Waals surface area contributed by atoms with E-state index in [1.54, 1.807) is 24.3 Å². The average molecular weight is 401 g/mol. The van der Waals surface area contributed by atoms with Crippen molar-refractivity contribution >= 4 is 11.6 Å². The van der Waals surface area contributed by atoms with Crippen LogP contribution in [-0.4, -0.2) is 16.7 Å². The fourth-order valence-electron chi connectivity index (χ4n) is 3.94. The first-order chi connectivity index (χ1) is 13.1. The Morgan fingerprint density at radius 3 is 2.43 bits per heavy atom. The summed E-state index contributed by atoms with van der Waals surface area (Å²) in [7, 11) is 0. The lowest BCUT2D eigenvalue weighted by molar-refractivity contribution is 0.0110. The summed E-state index contributed by atoms with van der Waals surface area (Å²) in [6, 6.07) is 12.4. The van der Waals surface area contributed by atoms with E-state index in [0.717, 1.165) is 31.2 Å². The fourth-order valence-corrected chi connectivity index (χ4v) is 4.12. The van der Waals surface area contributed by atoms with Crippen molar-refractivity contribution in [3.05, 3.63) is 58.4 Å². The van der Waals surface area contributed by atoms with E-state index in [1.165, 1.54) is 6.07 Å². The lowest BCUT2D eigenvalue weighted by atomic mass is 9.82. The minimum absolute atomic E-state index is 0.291. The number of aliphatic hydroxyl groups is 1. The van der Waals surface area contributed by atoms with Crippen molar-refractivity contribution in [3.8, 4) is 17.2 Å². The quantitative estimate of drug-likeness (QED) is 0.708. The summed E-state index contributed by atoms with van der Waals surface area (Å²) in [4.78, 5) is 0. The summed E-state index contributed by atoms with van der Waals surface area (Å²) in [5.41, 5.74) is 1.14. The molecule has 3 rings (SSSR count). The molecule has 0 heterocycles. The number of hydrogen-bond donors (Lipinski definition) is 2. The second-order valence-electron chi connectivity index (χ2n) is 8.54. The van der Waals surface area contributed by atoms with Gasteiger partial charge < -0.3 is 10.4 Å². The molecule has 3 nitrogen and oxygen atoms in total. The summed E-state index contributed by atoms with van der Waals surface area (Å²) < 4.78 is 15.0. The van der Waals surface area contributed by atoms with Gasteiger partial charge >= 0.3 is 0 Å². The Hall–Kier alpha value is -1.93. The molecule has 5 heteroatoms. The minimum Gasteiger partial charge on any atom is -0.390 e. The van der Waals surface area contributed by atoms with Crippen LogP contribution < -0.4 is 5.32 Å². The summed E-state index contributed by atoms with van der Waals surface area (Å²) in [5.74, 6) is -0.363. The number of nitriles is 1. The summed E-state index contributed by atoms with van der Waals surface area (Å²) in [5, 5.41) is 23.5. The zero-order valence-electron chi connectivity index (χ0n) is 16.5. The Morgan fingerprint density at radius 1 is 1.18 bits per heavy atom. The molecule has 1 aliphatic rings.